The molecule has 2 aromatic rings. The Bertz CT molecular complexity index is 573. The van der Waals surface area contributed by atoms with Crippen LogP contribution in [0.3, 0.4) is 0 Å². The van der Waals surface area contributed by atoms with E-state index in [-0.39, 0.29) is 5.92 Å². The van der Waals surface area contributed by atoms with Crippen LogP contribution in [0.15, 0.2) is 36.4 Å². The lowest BCUT2D eigenvalue weighted by Crippen LogP contribution is -1.91. The smallest absolute Gasteiger partial charge is 0.0636 e. The molecule has 0 heterocycles. The van der Waals surface area contributed by atoms with Crippen molar-refractivity contribution in [2.45, 2.75) is 5.92 Å². The Balaban J connectivity index is 2.37. The van der Waals surface area contributed by atoms with Gasteiger partial charge in [-0.1, -0.05) is 53.5 Å². The SMILES string of the molecule is [CH]C1c2ccccc2-c2ccc(Cl)c(Cl)c21. The lowest BCUT2D eigenvalue weighted by molar-refractivity contribution is 1.07. The monoisotopic (exact) mass is 246 g/mol. The molecule has 1 unspecified atom stereocenters. The normalized spacial score (nSPS) is 17.1. The minimum atomic E-state index is -0.169. The van der Waals surface area contributed by atoms with Crippen LogP contribution in [0.25, 0.3) is 11.1 Å². The van der Waals surface area contributed by atoms with Crippen molar-refractivity contribution >= 4 is 23.2 Å². The molecule has 78 valence electrons. The van der Waals surface area contributed by atoms with E-state index in [1.165, 1.54) is 0 Å². The van der Waals surface area contributed by atoms with Gasteiger partial charge in [-0.05, 0) is 35.2 Å². The van der Waals surface area contributed by atoms with Gasteiger partial charge in [0.15, 0.2) is 0 Å². The van der Waals surface area contributed by atoms with Gasteiger partial charge in [0.25, 0.3) is 0 Å². The van der Waals surface area contributed by atoms with Crippen molar-refractivity contribution in [3.8, 4) is 11.1 Å². The van der Waals surface area contributed by atoms with Gasteiger partial charge in [-0.2, -0.15) is 0 Å². The Morgan fingerprint density at radius 3 is 2.50 bits per heavy atom. The average molecular weight is 247 g/mol. The van der Waals surface area contributed by atoms with E-state index in [9.17, 15) is 0 Å². The van der Waals surface area contributed by atoms with Crippen LogP contribution in [-0.4, -0.2) is 0 Å². The Kier molecular flexibility index (Phi) is 2.24. The van der Waals surface area contributed by atoms with E-state index >= 15 is 0 Å². The van der Waals surface area contributed by atoms with Gasteiger partial charge >= 0.3 is 0 Å². The average Bonchev–Trinajstić information content (AvgIpc) is 2.59. The van der Waals surface area contributed by atoms with E-state index in [2.05, 4.69) is 6.07 Å². The summed E-state index contributed by atoms with van der Waals surface area (Å²) in [6, 6.07) is 11.9. The molecular formula is C14H8Cl2. The number of hydrogen-bond acceptors (Lipinski definition) is 0. The van der Waals surface area contributed by atoms with Gasteiger partial charge in [0.05, 0.1) is 10.0 Å². The maximum atomic E-state index is 6.21. The molecule has 0 spiro atoms. The summed E-state index contributed by atoms with van der Waals surface area (Å²) in [5, 5.41) is 1.13. The molecule has 0 fully saturated rings. The number of fused-ring (bicyclic) bond motifs is 3. The molecule has 0 saturated heterocycles. The van der Waals surface area contributed by atoms with Crippen LogP contribution in [0.5, 0.6) is 0 Å². The van der Waals surface area contributed by atoms with Crippen molar-refractivity contribution in [1.82, 2.24) is 0 Å². The molecular weight excluding hydrogens is 239 g/mol. The highest BCUT2D eigenvalue weighted by molar-refractivity contribution is 6.43. The fourth-order valence-corrected chi connectivity index (χ4v) is 2.72. The maximum Gasteiger partial charge on any atom is 0.0636 e. The fraction of sp³-hybridized carbons (Fsp3) is 0.0714. The van der Waals surface area contributed by atoms with Crippen molar-refractivity contribution < 1.29 is 0 Å². The molecule has 0 amide bonds. The number of halogens is 2. The van der Waals surface area contributed by atoms with Crippen LogP contribution in [0.2, 0.25) is 10.0 Å². The zero-order valence-electron chi connectivity index (χ0n) is 8.37. The van der Waals surface area contributed by atoms with Crippen molar-refractivity contribution in [2.24, 2.45) is 0 Å². The lowest BCUT2D eigenvalue weighted by Gasteiger charge is -2.08. The highest BCUT2D eigenvalue weighted by Crippen LogP contribution is 2.48. The Morgan fingerprint density at radius 2 is 1.69 bits per heavy atom. The third-order valence-electron chi connectivity index (χ3n) is 3.03. The predicted molar refractivity (Wildman–Crippen MR) is 68.0 cm³/mol. The molecule has 2 aromatic carbocycles. The van der Waals surface area contributed by atoms with Crippen molar-refractivity contribution in [3.63, 3.8) is 0 Å². The Morgan fingerprint density at radius 1 is 0.938 bits per heavy atom. The molecule has 1 aliphatic rings. The first kappa shape index (κ1) is 10.2. The summed E-state index contributed by atoms with van der Waals surface area (Å²) >= 11 is 12.2. The molecule has 0 saturated carbocycles. The Hall–Kier alpha value is -0.980. The summed E-state index contributed by atoms with van der Waals surface area (Å²) in [4.78, 5) is 0. The summed E-state index contributed by atoms with van der Waals surface area (Å²) in [7, 11) is 0. The molecule has 0 bridgehead atoms. The zero-order valence-corrected chi connectivity index (χ0v) is 9.89. The minimum absolute atomic E-state index is 0.169. The molecule has 1 aliphatic carbocycles. The fourth-order valence-electron chi connectivity index (χ4n) is 2.27. The number of benzene rings is 2. The van der Waals surface area contributed by atoms with Crippen LogP contribution < -0.4 is 0 Å². The first-order valence-corrected chi connectivity index (χ1v) is 5.78. The summed E-state index contributed by atoms with van der Waals surface area (Å²) in [6.07, 6.45) is 0. The van der Waals surface area contributed by atoms with Crippen LogP contribution in [0.4, 0.5) is 0 Å². The molecule has 0 N–H and O–H groups in total. The van der Waals surface area contributed by atoms with E-state index in [4.69, 9.17) is 30.1 Å². The molecule has 1 atom stereocenters. The molecule has 0 nitrogen and oxygen atoms in total. The minimum Gasteiger partial charge on any atom is -0.0827 e. The summed E-state index contributed by atoms with van der Waals surface area (Å²) in [5.41, 5.74) is 4.30. The molecule has 16 heavy (non-hydrogen) atoms. The van der Waals surface area contributed by atoms with Crippen LogP contribution in [0.1, 0.15) is 17.0 Å². The van der Waals surface area contributed by atoms with Gasteiger partial charge in [-0.25, -0.2) is 0 Å². The van der Waals surface area contributed by atoms with Gasteiger partial charge in [0.1, 0.15) is 0 Å². The highest BCUT2D eigenvalue weighted by Gasteiger charge is 2.28. The first-order valence-electron chi connectivity index (χ1n) is 5.03. The number of hydrogen-bond donors (Lipinski definition) is 0. The van der Waals surface area contributed by atoms with E-state index in [1.54, 1.807) is 0 Å². The standard InChI is InChI=1S/C14H8Cl2/c1-8-9-4-2-3-5-10(9)11-6-7-12(15)14(16)13(8)11/h1-8H. The number of rotatable bonds is 0. The first-order chi connectivity index (χ1) is 7.70. The molecule has 3 rings (SSSR count). The second kappa shape index (κ2) is 3.51. The van der Waals surface area contributed by atoms with Crippen LogP contribution >= 0.6 is 23.2 Å². The van der Waals surface area contributed by atoms with E-state index in [1.807, 2.05) is 30.3 Å². The quantitative estimate of drug-likeness (QED) is 0.626. The molecule has 2 heteroatoms. The summed E-state index contributed by atoms with van der Waals surface area (Å²) in [6.45, 7) is 6.18. The zero-order chi connectivity index (χ0) is 11.3. The van der Waals surface area contributed by atoms with E-state index < -0.39 is 0 Å². The van der Waals surface area contributed by atoms with E-state index in [0.717, 1.165) is 22.3 Å². The van der Waals surface area contributed by atoms with Gasteiger partial charge in [0, 0.05) is 5.92 Å². The summed E-state index contributed by atoms with van der Waals surface area (Å²) in [5.74, 6) is -0.169. The predicted octanol–water partition coefficient (Wildman–Crippen LogP) is 4.82. The lowest BCUT2D eigenvalue weighted by atomic mass is 9.99. The maximum absolute atomic E-state index is 6.21. The third kappa shape index (κ3) is 1.24. The summed E-state index contributed by atoms with van der Waals surface area (Å²) < 4.78 is 0. The third-order valence-corrected chi connectivity index (χ3v) is 3.85. The van der Waals surface area contributed by atoms with Crippen LogP contribution in [-0.2, 0) is 0 Å². The van der Waals surface area contributed by atoms with Gasteiger partial charge in [-0.15, -0.1) is 0 Å². The topological polar surface area (TPSA) is 0 Å². The molecule has 2 radical (unpaired) electrons. The van der Waals surface area contributed by atoms with Crippen molar-refractivity contribution in [3.05, 3.63) is 64.5 Å². The van der Waals surface area contributed by atoms with Gasteiger partial charge < -0.3 is 0 Å². The second-order valence-corrected chi connectivity index (χ2v) is 4.67. The molecule has 0 aromatic heterocycles. The van der Waals surface area contributed by atoms with Gasteiger partial charge in [0.2, 0.25) is 0 Å². The second-order valence-electron chi connectivity index (χ2n) is 3.89. The van der Waals surface area contributed by atoms with E-state index in [0.29, 0.717) is 10.0 Å². The largest absolute Gasteiger partial charge is 0.0827 e. The molecule has 0 aliphatic heterocycles. The van der Waals surface area contributed by atoms with Crippen molar-refractivity contribution in [1.29, 1.82) is 0 Å². The highest BCUT2D eigenvalue weighted by atomic mass is 35.5. The van der Waals surface area contributed by atoms with Crippen LogP contribution in [0, 0.1) is 6.92 Å². The Labute approximate surface area is 105 Å². The van der Waals surface area contributed by atoms with Gasteiger partial charge in [-0.3, -0.25) is 0 Å². The van der Waals surface area contributed by atoms with Crippen molar-refractivity contribution in [2.75, 3.05) is 0 Å².